The topological polar surface area (TPSA) is 110 Å². The van der Waals surface area contributed by atoms with Crippen molar-refractivity contribution in [3.8, 4) is 5.75 Å². The maximum absolute atomic E-state index is 12.6. The molecule has 1 aliphatic heterocycles. The van der Waals surface area contributed by atoms with E-state index in [1.165, 1.54) is 11.3 Å². The molecule has 1 saturated heterocycles. The highest BCUT2D eigenvalue weighted by atomic mass is 32.1. The van der Waals surface area contributed by atoms with Gasteiger partial charge in [-0.05, 0) is 12.1 Å². The van der Waals surface area contributed by atoms with Crippen LogP contribution in [-0.4, -0.2) is 59.2 Å². The molecular formula is C17H19N7O2S. The van der Waals surface area contributed by atoms with Crippen molar-refractivity contribution in [3.63, 3.8) is 0 Å². The molecule has 0 aliphatic carbocycles. The number of thiazole rings is 1. The second-order valence-electron chi connectivity index (χ2n) is 6.02. The Morgan fingerprint density at radius 1 is 1.22 bits per heavy atom. The number of piperazine rings is 1. The predicted molar refractivity (Wildman–Crippen MR) is 105 cm³/mol. The molecule has 9 nitrogen and oxygen atoms in total. The lowest BCUT2D eigenvalue weighted by Gasteiger charge is -2.35. The minimum Gasteiger partial charge on any atom is -0.495 e. The number of urea groups is 1. The van der Waals surface area contributed by atoms with Gasteiger partial charge in [-0.1, -0.05) is 12.1 Å². The Morgan fingerprint density at radius 3 is 2.78 bits per heavy atom. The van der Waals surface area contributed by atoms with Crippen LogP contribution in [0.1, 0.15) is 0 Å². The molecule has 0 atom stereocenters. The second-order valence-corrected chi connectivity index (χ2v) is 6.85. The molecule has 1 fully saturated rings. The molecule has 3 N–H and O–H groups in total. The van der Waals surface area contributed by atoms with Gasteiger partial charge in [-0.15, -0.1) is 11.3 Å². The first-order valence-electron chi connectivity index (χ1n) is 8.46. The molecule has 140 valence electrons. The van der Waals surface area contributed by atoms with E-state index in [4.69, 9.17) is 10.5 Å². The second kappa shape index (κ2) is 7.23. The number of aromatic nitrogens is 3. The highest BCUT2D eigenvalue weighted by Crippen LogP contribution is 2.27. The number of nitrogens with zero attached hydrogens (tertiary/aromatic N) is 5. The minimum atomic E-state index is -0.153. The molecule has 2 aromatic heterocycles. The van der Waals surface area contributed by atoms with E-state index < -0.39 is 0 Å². The number of benzene rings is 1. The zero-order valence-electron chi connectivity index (χ0n) is 14.8. The first-order chi connectivity index (χ1) is 13.2. The summed E-state index contributed by atoms with van der Waals surface area (Å²) in [7, 11) is 1.58. The number of nitrogens with two attached hydrogens (primary N) is 1. The Kier molecular flexibility index (Phi) is 4.63. The van der Waals surface area contributed by atoms with Crippen LogP contribution in [-0.2, 0) is 0 Å². The van der Waals surface area contributed by atoms with Gasteiger partial charge in [0.05, 0.1) is 18.3 Å². The van der Waals surface area contributed by atoms with E-state index in [2.05, 4.69) is 25.2 Å². The number of nitrogens with one attached hydrogen (secondary N) is 1. The fourth-order valence-corrected chi connectivity index (χ4v) is 3.71. The number of fused-ring (bicyclic) bond motifs is 1. The molecule has 0 saturated carbocycles. The van der Waals surface area contributed by atoms with Crippen molar-refractivity contribution >= 4 is 45.2 Å². The van der Waals surface area contributed by atoms with Gasteiger partial charge in [0.15, 0.2) is 10.6 Å². The Hall–Kier alpha value is -3.14. The van der Waals surface area contributed by atoms with Gasteiger partial charge in [0.1, 0.15) is 11.3 Å². The summed E-state index contributed by atoms with van der Waals surface area (Å²) in [6.07, 6.45) is 0. The molecule has 0 spiro atoms. The molecule has 3 heterocycles. The van der Waals surface area contributed by atoms with Gasteiger partial charge < -0.3 is 25.6 Å². The Morgan fingerprint density at radius 2 is 2.00 bits per heavy atom. The number of hydrogen-bond acceptors (Lipinski definition) is 8. The van der Waals surface area contributed by atoms with Crippen molar-refractivity contribution in [1.82, 2.24) is 19.9 Å². The lowest BCUT2D eigenvalue weighted by Crippen LogP contribution is -2.50. The molecule has 10 heteroatoms. The molecule has 2 amide bonds. The van der Waals surface area contributed by atoms with Gasteiger partial charge in [0, 0.05) is 26.2 Å². The molecule has 27 heavy (non-hydrogen) atoms. The third-order valence-electron chi connectivity index (χ3n) is 4.41. The van der Waals surface area contributed by atoms with Crippen LogP contribution >= 0.6 is 11.3 Å². The molecule has 0 radical (unpaired) electrons. The van der Waals surface area contributed by atoms with Gasteiger partial charge in [0.2, 0.25) is 5.95 Å². The quantitative estimate of drug-likeness (QED) is 0.710. The van der Waals surface area contributed by atoms with Gasteiger partial charge >= 0.3 is 6.03 Å². The van der Waals surface area contributed by atoms with Crippen LogP contribution in [0.25, 0.3) is 10.3 Å². The number of carbonyl (C=O) groups excluding carboxylic acids is 1. The summed E-state index contributed by atoms with van der Waals surface area (Å²) in [5.41, 5.74) is 8.96. The van der Waals surface area contributed by atoms with E-state index in [9.17, 15) is 4.79 Å². The summed E-state index contributed by atoms with van der Waals surface area (Å²) in [6.45, 7) is 2.41. The Balaban J connectivity index is 1.44. The third kappa shape index (κ3) is 3.43. The summed E-state index contributed by atoms with van der Waals surface area (Å²) in [5, 5.41) is 2.91. The third-order valence-corrected chi connectivity index (χ3v) is 5.13. The van der Waals surface area contributed by atoms with Crippen molar-refractivity contribution in [3.05, 3.63) is 29.8 Å². The minimum absolute atomic E-state index is 0.153. The molecule has 0 bridgehead atoms. The lowest BCUT2D eigenvalue weighted by molar-refractivity contribution is 0.208. The number of nitrogen functional groups attached to an aromatic ring is 1. The van der Waals surface area contributed by atoms with E-state index in [1.54, 1.807) is 17.5 Å². The SMILES string of the molecule is COc1ccccc1NC(=O)N1CCN(c2nc(N)nc3scnc23)CC1. The highest BCUT2D eigenvalue weighted by molar-refractivity contribution is 7.16. The molecule has 1 aromatic carbocycles. The van der Waals surface area contributed by atoms with E-state index in [0.29, 0.717) is 37.6 Å². The summed E-state index contributed by atoms with van der Waals surface area (Å²) >= 11 is 1.43. The normalized spacial score (nSPS) is 14.4. The first-order valence-corrected chi connectivity index (χ1v) is 9.34. The molecular weight excluding hydrogens is 366 g/mol. The van der Waals surface area contributed by atoms with Crippen LogP contribution in [0.2, 0.25) is 0 Å². The average molecular weight is 385 g/mol. The van der Waals surface area contributed by atoms with Crippen LogP contribution in [0.15, 0.2) is 29.8 Å². The number of ether oxygens (including phenoxy) is 1. The van der Waals surface area contributed by atoms with Gasteiger partial charge in [-0.25, -0.2) is 14.8 Å². The van der Waals surface area contributed by atoms with Crippen LogP contribution < -0.4 is 20.7 Å². The average Bonchev–Trinajstić information content (AvgIpc) is 3.16. The van der Waals surface area contributed by atoms with Gasteiger partial charge in [-0.2, -0.15) is 4.98 Å². The number of amides is 2. The van der Waals surface area contributed by atoms with E-state index in [-0.39, 0.29) is 12.0 Å². The number of hydrogen-bond donors (Lipinski definition) is 2. The van der Waals surface area contributed by atoms with Crippen LogP contribution in [0.3, 0.4) is 0 Å². The van der Waals surface area contributed by atoms with Crippen molar-refractivity contribution in [1.29, 1.82) is 0 Å². The zero-order valence-corrected chi connectivity index (χ0v) is 15.6. The van der Waals surface area contributed by atoms with E-state index in [1.807, 2.05) is 24.3 Å². The lowest BCUT2D eigenvalue weighted by atomic mass is 10.3. The first kappa shape index (κ1) is 17.3. The number of para-hydroxylation sites is 2. The summed E-state index contributed by atoms with van der Waals surface area (Å²) in [6, 6.07) is 7.19. The predicted octanol–water partition coefficient (Wildman–Crippen LogP) is 2.03. The van der Waals surface area contributed by atoms with E-state index >= 15 is 0 Å². The van der Waals surface area contributed by atoms with Gasteiger partial charge in [-0.3, -0.25) is 0 Å². The molecule has 4 rings (SSSR count). The monoisotopic (exact) mass is 385 g/mol. The molecule has 3 aromatic rings. The zero-order chi connectivity index (χ0) is 18.8. The van der Waals surface area contributed by atoms with Crippen molar-refractivity contribution in [2.45, 2.75) is 0 Å². The Bertz CT molecular complexity index is 969. The smallest absolute Gasteiger partial charge is 0.322 e. The van der Waals surface area contributed by atoms with Crippen molar-refractivity contribution < 1.29 is 9.53 Å². The maximum atomic E-state index is 12.6. The standard InChI is InChI=1S/C17H19N7O2S/c1-26-12-5-3-2-4-11(12)20-17(25)24-8-6-23(7-9-24)14-13-15(27-10-19-13)22-16(18)21-14/h2-5,10H,6-9H2,1H3,(H,20,25)(H2,18,21,22). The fraction of sp³-hybridized carbons (Fsp3) is 0.294. The Labute approximate surface area is 159 Å². The van der Waals surface area contributed by atoms with Gasteiger partial charge in [0.25, 0.3) is 0 Å². The van der Waals surface area contributed by atoms with E-state index in [0.717, 1.165) is 16.2 Å². The highest BCUT2D eigenvalue weighted by Gasteiger charge is 2.24. The summed E-state index contributed by atoms with van der Waals surface area (Å²) in [5.74, 6) is 1.59. The van der Waals surface area contributed by atoms with Crippen molar-refractivity contribution in [2.75, 3.05) is 49.2 Å². The number of methoxy groups -OCH3 is 1. The molecule has 1 aliphatic rings. The van der Waals surface area contributed by atoms with Crippen LogP contribution in [0, 0.1) is 0 Å². The summed E-state index contributed by atoms with van der Waals surface area (Å²) in [4.78, 5) is 30.1. The number of rotatable bonds is 3. The number of anilines is 3. The maximum Gasteiger partial charge on any atom is 0.322 e. The summed E-state index contributed by atoms with van der Waals surface area (Å²) < 4.78 is 5.28. The fourth-order valence-electron chi connectivity index (χ4n) is 3.05. The number of carbonyl (C=O) groups is 1. The molecule has 0 unspecified atom stereocenters. The van der Waals surface area contributed by atoms with Crippen LogP contribution in [0.4, 0.5) is 22.2 Å². The largest absolute Gasteiger partial charge is 0.495 e. The van der Waals surface area contributed by atoms with Crippen LogP contribution in [0.5, 0.6) is 5.75 Å². The van der Waals surface area contributed by atoms with Crippen molar-refractivity contribution in [2.24, 2.45) is 0 Å².